The number of carboxylic acid groups (broad SMARTS) is 1. The summed E-state index contributed by atoms with van der Waals surface area (Å²) >= 11 is 1.59. The molecule has 7 heteroatoms. The Morgan fingerprint density at radius 3 is 2.47 bits per heavy atom. The van der Waals surface area contributed by atoms with Crippen molar-refractivity contribution in [1.82, 2.24) is 15.6 Å². The molecular weight excluding hydrogens is 266 g/mol. The normalized spacial score (nSPS) is 13.9. The summed E-state index contributed by atoms with van der Waals surface area (Å²) in [6, 6.07) is -0.920. The standard InChI is InChI=1S/C12H19N3O3S/c1-6(11-7(2)14-9(4)19-11)13-5-10(12(17)18)15-8(3)16/h6,10,13H,5H2,1-4H3,(H,15,16)(H,17,18). The van der Waals surface area contributed by atoms with E-state index in [0.29, 0.717) is 0 Å². The van der Waals surface area contributed by atoms with Crippen LogP contribution in [-0.4, -0.2) is 34.6 Å². The molecule has 2 unspecified atom stereocenters. The number of nitrogens with one attached hydrogen (secondary N) is 2. The van der Waals surface area contributed by atoms with E-state index in [-0.39, 0.29) is 18.5 Å². The van der Waals surface area contributed by atoms with Gasteiger partial charge in [0, 0.05) is 24.4 Å². The van der Waals surface area contributed by atoms with Crippen molar-refractivity contribution in [2.24, 2.45) is 0 Å². The topological polar surface area (TPSA) is 91.3 Å². The number of amides is 1. The van der Waals surface area contributed by atoms with E-state index in [1.807, 2.05) is 20.8 Å². The number of hydrogen-bond donors (Lipinski definition) is 3. The summed E-state index contributed by atoms with van der Waals surface area (Å²) < 4.78 is 0. The molecule has 0 saturated heterocycles. The minimum absolute atomic E-state index is 0.00167. The molecule has 0 aliphatic rings. The highest BCUT2D eigenvalue weighted by molar-refractivity contribution is 7.11. The molecule has 1 amide bonds. The van der Waals surface area contributed by atoms with Gasteiger partial charge in [0.25, 0.3) is 0 Å². The number of hydrogen-bond acceptors (Lipinski definition) is 5. The van der Waals surface area contributed by atoms with Gasteiger partial charge in [-0.1, -0.05) is 0 Å². The third-order valence-corrected chi connectivity index (χ3v) is 3.89. The molecule has 106 valence electrons. The lowest BCUT2D eigenvalue weighted by atomic mass is 10.2. The van der Waals surface area contributed by atoms with Crippen LogP contribution in [0.25, 0.3) is 0 Å². The van der Waals surface area contributed by atoms with Gasteiger partial charge in [0.15, 0.2) is 0 Å². The second-order valence-corrected chi connectivity index (χ2v) is 5.64. The summed E-state index contributed by atoms with van der Waals surface area (Å²) in [5.74, 6) is -1.40. The minimum atomic E-state index is -1.05. The number of carboxylic acids is 1. The van der Waals surface area contributed by atoms with Gasteiger partial charge in [-0.15, -0.1) is 11.3 Å². The Kier molecular flexibility index (Phi) is 5.44. The maximum absolute atomic E-state index is 11.0. The van der Waals surface area contributed by atoms with Gasteiger partial charge < -0.3 is 15.7 Å². The Morgan fingerprint density at radius 2 is 2.05 bits per heavy atom. The SMILES string of the molecule is CC(=O)NC(CNC(C)c1sc(C)nc1C)C(=O)O. The number of carbonyl (C=O) groups is 2. The van der Waals surface area contributed by atoms with Gasteiger partial charge in [-0.2, -0.15) is 0 Å². The monoisotopic (exact) mass is 285 g/mol. The highest BCUT2D eigenvalue weighted by atomic mass is 32.1. The first-order chi connectivity index (χ1) is 8.81. The first kappa shape index (κ1) is 15.6. The molecule has 3 N–H and O–H groups in total. The van der Waals surface area contributed by atoms with E-state index in [9.17, 15) is 9.59 Å². The Labute approximate surface area is 116 Å². The average Bonchev–Trinajstić information content (AvgIpc) is 2.62. The second kappa shape index (κ2) is 6.63. The predicted octanol–water partition coefficient (Wildman–Crippen LogP) is 1.000. The van der Waals surface area contributed by atoms with Crippen molar-refractivity contribution in [2.75, 3.05) is 6.54 Å². The highest BCUT2D eigenvalue weighted by Gasteiger charge is 2.20. The molecule has 1 aromatic rings. The number of rotatable bonds is 6. The lowest BCUT2D eigenvalue weighted by Crippen LogP contribution is -2.46. The molecule has 0 aliphatic heterocycles. The smallest absolute Gasteiger partial charge is 0.327 e. The van der Waals surface area contributed by atoms with Gasteiger partial charge in [-0.05, 0) is 20.8 Å². The third-order valence-electron chi connectivity index (χ3n) is 2.64. The van der Waals surface area contributed by atoms with Crippen LogP contribution in [0.1, 0.15) is 35.5 Å². The number of carbonyl (C=O) groups excluding carboxylic acids is 1. The van der Waals surface area contributed by atoms with Gasteiger partial charge in [-0.25, -0.2) is 9.78 Å². The number of nitrogens with zero attached hydrogens (tertiary/aromatic N) is 1. The predicted molar refractivity (Wildman–Crippen MR) is 73.2 cm³/mol. The van der Waals surface area contributed by atoms with Crippen LogP contribution in [0.5, 0.6) is 0 Å². The zero-order valence-electron chi connectivity index (χ0n) is 11.5. The van der Waals surface area contributed by atoms with Crippen LogP contribution in [0.3, 0.4) is 0 Å². The van der Waals surface area contributed by atoms with Crippen molar-refractivity contribution in [2.45, 2.75) is 39.8 Å². The van der Waals surface area contributed by atoms with Gasteiger partial charge in [0.1, 0.15) is 6.04 Å². The zero-order valence-corrected chi connectivity index (χ0v) is 12.3. The molecular formula is C12H19N3O3S. The quantitative estimate of drug-likeness (QED) is 0.725. The lowest BCUT2D eigenvalue weighted by Gasteiger charge is -2.18. The maximum Gasteiger partial charge on any atom is 0.327 e. The number of aromatic nitrogens is 1. The maximum atomic E-state index is 11.0. The Hall–Kier alpha value is -1.47. The van der Waals surface area contributed by atoms with E-state index in [0.717, 1.165) is 15.6 Å². The summed E-state index contributed by atoms with van der Waals surface area (Å²) in [5, 5.41) is 15.5. The number of aliphatic carboxylic acids is 1. The van der Waals surface area contributed by atoms with E-state index in [2.05, 4.69) is 15.6 Å². The number of aryl methyl sites for hydroxylation is 2. The summed E-state index contributed by atoms with van der Waals surface area (Å²) in [6.45, 7) is 7.29. The first-order valence-electron chi connectivity index (χ1n) is 5.98. The van der Waals surface area contributed by atoms with E-state index < -0.39 is 12.0 Å². The fraction of sp³-hybridized carbons (Fsp3) is 0.583. The van der Waals surface area contributed by atoms with Gasteiger partial charge in [0.2, 0.25) is 5.91 Å². The van der Waals surface area contributed by atoms with E-state index in [4.69, 9.17) is 5.11 Å². The van der Waals surface area contributed by atoms with Crippen molar-refractivity contribution in [3.63, 3.8) is 0 Å². The Morgan fingerprint density at radius 1 is 1.42 bits per heavy atom. The molecule has 0 saturated carbocycles. The summed E-state index contributed by atoms with van der Waals surface area (Å²) in [7, 11) is 0. The van der Waals surface area contributed by atoms with Crippen LogP contribution in [-0.2, 0) is 9.59 Å². The van der Waals surface area contributed by atoms with E-state index in [1.54, 1.807) is 11.3 Å². The number of thiazole rings is 1. The molecule has 0 fully saturated rings. The molecule has 0 radical (unpaired) electrons. The fourth-order valence-electron chi connectivity index (χ4n) is 1.78. The first-order valence-corrected chi connectivity index (χ1v) is 6.80. The van der Waals surface area contributed by atoms with Crippen molar-refractivity contribution in [1.29, 1.82) is 0 Å². The fourth-order valence-corrected chi connectivity index (χ4v) is 2.74. The molecule has 1 rings (SSSR count). The molecule has 0 bridgehead atoms. The highest BCUT2D eigenvalue weighted by Crippen LogP contribution is 2.24. The molecule has 6 nitrogen and oxygen atoms in total. The molecule has 2 atom stereocenters. The van der Waals surface area contributed by atoms with Crippen molar-refractivity contribution in [3.05, 3.63) is 15.6 Å². The van der Waals surface area contributed by atoms with Crippen LogP contribution < -0.4 is 10.6 Å². The van der Waals surface area contributed by atoms with E-state index >= 15 is 0 Å². The van der Waals surface area contributed by atoms with Crippen LogP contribution in [0.2, 0.25) is 0 Å². The van der Waals surface area contributed by atoms with Crippen LogP contribution in [0.4, 0.5) is 0 Å². The Balaban J connectivity index is 2.61. The molecule has 0 spiro atoms. The van der Waals surface area contributed by atoms with Gasteiger partial charge >= 0.3 is 5.97 Å². The van der Waals surface area contributed by atoms with Crippen molar-refractivity contribution >= 4 is 23.2 Å². The zero-order chi connectivity index (χ0) is 14.6. The van der Waals surface area contributed by atoms with Crippen LogP contribution >= 0.6 is 11.3 Å². The lowest BCUT2D eigenvalue weighted by molar-refractivity contribution is -0.141. The van der Waals surface area contributed by atoms with Crippen LogP contribution in [0.15, 0.2) is 0 Å². The van der Waals surface area contributed by atoms with Gasteiger partial charge in [-0.3, -0.25) is 4.79 Å². The van der Waals surface area contributed by atoms with Crippen LogP contribution in [0, 0.1) is 13.8 Å². The second-order valence-electron chi connectivity index (χ2n) is 4.40. The van der Waals surface area contributed by atoms with Crippen molar-refractivity contribution in [3.8, 4) is 0 Å². The summed E-state index contributed by atoms with van der Waals surface area (Å²) in [5.41, 5.74) is 0.953. The minimum Gasteiger partial charge on any atom is -0.480 e. The summed E-state index contributed by atoms with van der Waals surface area (Å²) in [4.78, 5) is 27.3. The molecule has 0 aromatic carbocycles. The molecule has 0 aliphatic carbocycles. The van der Waals surface area contributed by atoms with E-state index in [1.165, 1.54) is 6.92 Å². The molecule has 1 aromatic heterocycles. The molecule has 19 heavy (non-hydrogen) atoms. The van der Waals surface area contributed by atoms with Gasteiger partial charge in [0.05, 0.1) is 10.7 Å². The van der Waals surface area contributed by atoms with Crippen molar-refractivity contribution < 1.29 is 14.7 Å². The summed E-state index contributed by atoms with van der Waals surface area (Å²) in [6.07, 6.45) is 0. The molecule has 1 heterocycles. The average molecular weight is 285 g/mol. The third kappa shape index (κ3) is 4.60. The Bertz CT molecular complexity index is 473. The largest absolute Gasteiger partial charge is 0.480 e.